The summed E-state index contributed by atoms with van der Waals surface area (Å²) in [5, 5.41) is 3.76. The van der Waals surface area contributed by atoms with E-state index in [2.05, 4.69) is 15.3 Å². The van der Waals surface area contributed by atoms with Crippen LogP contribution in [-0.2, 0) is 9.53 Å². The number of benzene rings is 2. The third-order valence-corrected chi connectivity index (χ3v) is 3.17. The number of hydrazone groups is 1. The Hall–Kier alpha value is -3.28. The van der Waals surface area contributed by atoms with Crippen molar-refractivity contribution in [2.24, 2.45) is 5.10 Å². The van der Waals surface area contributed by atoms with E-state index in [1.165, 1.54) is 7.11 Å². The molecular weight excluding hydrogens is 308 g/mol. The number of hydrogen-bond donors (Lipinski definition) is 1. The zero-order valence-corrected chi connectivity index (χ0v) is 13.1. The first kappa shape index (κ1) is 17.1. The van der Waals surface area contributed by atoms with Crippen molar-refractivity contribution in [2.45, 2.75) is 6.42 Å². The Morgan fingerprint density at radius 2 is 1.46 bits per heavy atom. The minimum absolute atomic E-state index is 0.171. The van der Waals surface area contributed by atoms with Crippen molar-refractivity contribution in [1.82, 2.24) is 5.43 Å². The van der Waals surface area contributed by atoms with Gasteiger partial charge in [-0.25, -0.2) is 10.2 Å². The van der Waals surface area contributed by atoms with Crippen LogP contribution < -0.4 is 5.43 Å². The summed E-state index contributed by atoms with van der Waals surface area (Å²) in [5.41, 5.74) is 2.93. The van der Waals surface area contributed by atoms with Crippen LogP contribution in [0.25, 0.3) is 0 Å². The number of hydrogen-bond acceptors (Lipinski definition) is 5. The summed E-state index contributed by atoms with van der Waals surface area (Å²) in [6.07, 6.45) is -0.272. The third-order valence-electron chi connectivity index (χ3n) is 3.17. The number of methoxy groups -OCH3 is 1. The second-order valence-electron chi connectivity index (χ2n) is 4.82. The lowest BCUT2D eigenvalue weighted by Crippen LogP contribution is -2.26. The van der Waals surface area contributed by atoms with Gasteiger partial charge in [-0.1, -0.05) is 48.5 Å². The summed E-state index contributed by atoms with van der Waals surface area (Å²) in [7, 11) is 1.18. The van der Waals surface area contributed by atoms with Crippen LogP contribution in [0.5, 0.6) is 0 Å². The van der Waals surface area contributed by atoms with E-state index in [1.807, 2.05) is 0 Å². The van der Waals surface area contributed by atoms with Crippen molar-refractivity contribution in [3.8, 4) is 0 Å². The number of esters is 1. The van der Waals surface area contributed by atoms with Gasteiger partial charge in [0.25, 0.3) is 5.91 Å². The zero-order chi connectivity index (χ0) is 17.4. The lowest BCUT2D eigenvalue weighted by Gasteiger charge is -2.05. The zero-order valence-electron chi connectivity index (χ0n) is 13.1. The highest BCUT2D eigenvalue weighted by Gasteiger charge is 2.18. The van der Waals surface area contributed by atoms with Gasteiger partial charge in [-0.2, -0.15) is 5.10 Å². The van der Waals surface area contributed by atoms with Gasteiger partial charge in [-0.05, 0) is 12.1 Å². The Labute approximate surface area is 139 Å². The standard InChI is InChI=1S/C18H16N2O4/c1-24-18(23)15(12-16(21)13-8-4-2-5-9-13)19-20-17(22)14-10-6-3-7-11-14/h2-11H,12H2,1H3,(H,20,22)/b19-15-. The molecule has 0 heterocycles. The number of ketones is 1. The minimum Gasteiger partial charge on any atom is -0.464 e. The van der Waals surface area contributed by atoms with Crippen molar-refractivity contribution in [2.75, 3.05) is 7.11 Å². The number of nitrogens with one attached hydrogen (secondary N) is 1. The molecule has 0 aliphatic heterocycles. The molecule has 0 atom stereocenters. The molecule has 122 valence electrons. The van der Waals surface area contributed by atoms with Gasteiger partial charge >= 0.3 is 5.97 Å². The maximum atomic E-state index is 12.2. The molecule has 1 amide bonds. The maximum absolute atomic E-state index is 12.2. The van der Waals surface area contributed by atoms with Crippen LogP contribution in [-0.4, -0.2) is 30.5 Å². The Balaban J connectivity index is 2.12. The summed E-state index contributed by atoms with van der Waals surface area (Å²) in [5.74, 6) is -1.55. The molecule has 2 aromatic carbocycles. The van der Waals surface area contributed by atoms with Crippen LogP contribution in [0.1, 0.15) is 27.1 Å². The highest BCUT2D eigenvalue weighted by Crippen LogP contribution is 2.05. The summed E-state index contributed by atoms with van der Waals surface area (Å²) in [4.78, 5) is 35.9. The molecule has 6 nitrogen and oxygen atoms in total. The maximum Gasteiger partial charge on any atom is 0.354 e. The highest BCUT2D eigenvalue weighted by molar-refractivity contribution is 6.40. The molecule has 1 N–H and O–H groups in total. The van der Waals surface area contributed by atoms with Crippen molar-refractivity contribution in [3.05, 3.63) is 71.8 Å². The van der Waals surface area contributed by atoms with E-state index < -0.39 is 11.9 Å². The van der Waals surface area contributed by atoms with Gasteiger partial charge in [-0.3, -0.25) is 9.59 Å². The fourth-order valence-corrected chi connectivity index (χ4v) is 1.93. The van der Waals surface area contributed by atoms with E-state index in [-0.39, 0.29) is 17.9 Å². The number of nitrogens with zero attached hydrogens (tertiary/aromatic N) is 1. The largest absolute Gasteiger partial charge is 0.464 e. The van der Waals surface area contributed by atoms with Crippen LogP contribution in [0.3, 0.4) is 0 Å². The number of rotatable bonds is 6. The molecule has 0 aliphatic carbocycles. The van der Waals surface area contributed by atoms with Gasteiger partial charge in [0.15, 0.2) is 11.5 Å². The Morgan fingerprint density at radius 1 is 0.917 bits per heavy atom. The molecule has 0 saturated carbocycles. The summed E-state index contributed by atoms with van der Waals surface area (Å²) in [6, 6.07) is 16.9. The SMILES string of the molecule is COC(=O)/C(CC(=O)c1ccccc1)=N\NC(=O)c1ccccc1. The Morgan fingerprint density at radius 3 is 2.00 bits per heavy atom. The number of amides is 1. The van der Waals surface area contributed by atoms with Crippen molar-refractivity contribution in [3.63, 3.8) is 0 Å². The summed E-state index contributed by atoms with van der Waals surface area (Å²) >= 11 is 0. The average Bonchev–Trinajstić information content (AvgIpc) is 2.65. The first-order valence-corrected chi connectivity index (χ1v) is 7.20. The smallest absolute Gasteiger partial charge is 0.354 e. The molecule has 0 spiro atoms. The molecule has 6 heteroatoms. The molecular formula is C18H16N2O4. The fourth-order valence-electron chi connectivity index (χ4n) is 1.93. The van der Waals surface area contributed by atoms with Crippen LogP contribution in [0, 0.1) is 0 Å². The van der Waals surface area contributed by atoms with E-state index in [9.17, 15) is 14.4 Å². The molecule has 2 rings (SSSR count). The van der Waals surface area contributed by atoms with E-state index in [0.717, 1.165) is 0 Å². The van der Waals surface area contributed by atoms with Crippen LogP contribution >= 0.6 is 0 Å². The second kappa shape index (κ2) is 8.38. The summed E-state index contributed by atoms with van der Waals surface area (Å²) in [6.45, 7) is 0. The van der Waals surface area contributed by atoms with E-state index >= 15 is 0 Å². The van der Waals surface area contributed by atoms with Crippen LogP contribution in [0.15, 0.2) is 65.8 Å². The van der Waals surface area contributed by atoms with Crippen LogP contribution in [0.2, 0.25) is 0 Å². The number of carbonyl (C=O) groups is 3. The Bertz CT molecular complexity index is 755. The lowest BCUT2D eigenvalue weighted by molar-refractivity contribution is -0.132. The first-order chi connectivity index (χ1) is 11.6. The quantitative estimate of drug-likeness (QED) is 0.382. The fraction of sp³-hybridized carbons (Fsp3) is 0.111. The Kier molecular flexibility index (Phi) is 5.96. The lowest BCUT2D eigenvalue weighted by atomic mass is 10.1. The molecule has 2 aromatic rings. The molecule has 0 fully saturated rings. The van der Waals surface area contributed by atoms with Gasteiger partial charge in [0.05, 0.1) is 13.5 Å². The molecule has 0 unspecified atom stereocenters. The predicted octanol–water partition coefficient (Wildman–Crippen LogP) is 2.22. The topological polar surface area (TPSA) is 84.8 Å². The second-order valence-corrected chi connectivity index (χ2v) is 4.82. The van der Waals surface area contributed by atoms with Gasteiger partial charge < -0.3 is 4.74 Å². The van der Waals surface area contributed by atoms with Crippen LogP contribution in [0.4, 0.5) is 0 Å². The molecule has 0 radical (unpaired) electrons. The van der Waals surface area contributed by atoms with Gasteiger partial charge in [0, 0.05) is 11.1 Å². The van der Waals surface area contributed by atoms with Gasteiger partial charge in [-0.15, -0.1) is 0 Å². The molecule has 0 bridgehead atoms. The summed E-state index contributed by atoms with van der Waals surface area (Å²) < 4.78 is 4.61. The van der Waals surface area contributed by atoms with Gasteiger partial charge in [0.2, 0.25) is 0 Å². The van der Waals surface area contributed by atoms with Gasteiger partial charge in [0.1, 0.15) is 0 Å². The van der Waals surface area contributed by atoms with Crippen molar-refractivity contribution >= 4 is 23.4 Å². The number of ether oxygens (including phenoxy) is 1. The molecule has 0 aromatic heterocycles. The number of Topliss-reactive ketones (excluding diaryl/α,β-unsaturated/α-hetero) is 1. The first-order valence-electron chi connectivity index (χ1n) is 7.20. The molecule has 24 heavy (non-hydrogen) atoms. The third kappa shape index (κ3) is 4.61. The van der Waals surface area contributed by atoms with E-state index in [0.29, 0.717) is 11.1 Å². The van der Waals surface area contributed by atoms with Crippen molar-refractivity contribution in [1.29, 1.82) is 0 Å². The average molecular weight is 324 g/mol. The van der Waals surface area contributed by atoms with E-state index in [4.69, 9.17) is 0 Å². The predicted molar refractivity (Wildman–Crippen MR) is 88.7 cm³/mol. The van der Waals surface area contributed by atoms with Crippen molar-refractivity contribution < 1.29 is 19.1 Å². The molecule has 0 aliphatic rings. The highest BCUT2D eigenvalue weighted by atomic mass is 16.5. The monoisotopic (exact) mass is 324 g/mol. The molecule has 0 saturated heterocycles. The normalized spacial score (nSPS) is 10.8. The minimum atomic E-state index is -0.771. The van der Waals surface area contributed by atoms with E-state index in [1.54, 1.807) is 60.7 Å². The number of carbonyl (C=O) groups excluding carboxylic acids is 3.